The molecule has 0 atom stereocenters. The molecule has 0 N–H and O–H groups in total. The molecule has 2 aromatic rings. The molecule has 0 saturated carbocycles. The summed E-state index contributed by atoms with van der Waals surface area (Å²) in [5.41, 5.74) is 1.12. The maximum atomic E-state index is 6.26. The number of aromatic nitrogens is 2. The topological polar surface area (TPSA) is 24.3 Å². The minimum absolute atomic E-state index is 0.680. The molecule has 0 bridgehead atoms. The minimum atomic E-state index is 0.680. The van der Waals surface area contributed by atoms with Crippen LogP contribution in [0.2, 0.25) is 10.2 Å². The van der Waals surface area contributed by atoms with Gasteiger partial charge in [-0.25, -0.2) is 4.98 Å². The molecule has 2 heterocycles. The first-order valence-corrected chi connectivity index (χ1v) is 7.78. The van der Waals surface area contributed by atoms with Gasteiger partial charge in [-0.1, -0.05) is 35.3 Å². The monoisotopic (exact) mass is 324 g/mol. The molecule has 1 aromatic heterocycles. The number of benzene rings is 1. The number of halogens is 2. The molecule has 0 radical (unpaired) electrons. The normalized spacial score (nSPS) is 16.4. The Labute approximate surface area is 134 Å². The molecule has 0 aliphatic carbocycles. The highest BCUT2D eigenvalue weighted by Gasteiger charge is 2.20. The van der Waals surface area contributed by atoms with Gasteiger partial charge in [0.05, 0.1) is 23.5 Å². The van der Waals surface area contributed by atoms with Crippen molar-refractivity contribution in [3.8, 4) is 0 Å². The van der Waals surface area contributed by atoms with Gasteiger partial charge in [-0.2, -0.15) is 0 Å². The van der Waals surface area contributed by atoms with Crippen LogP contribution in [0.3, 0.4) is 0 Å². The van der Waals surface area contributed by atoms with Crippen LogP contribution >= 0.6 is 23.2 Å². The van der Waals surface area contributed by atoms with Gasteiger partial charge < -0.3 is 9.47 Å². The molecule has 21 heavy (non-hydrogen) atoms. The Kier molecular flexibility index (Phi) is 4.38. The summed E-state index contributed by atoms with van der Waals surface area (Å²) < 4.78 is 1.93. The van der Waals surface area contributed by atoms with E-state index in [9.17, 15) is 0 Å². The van der Waals surface area contributed by atoms with Gasteiger partial charge >= 0.3 is 0 Å². The van der Waals surface area contributed by atoms with Crippen molar-refractivity contribution in [3.63, 3.8) is 0 Å². The fourth-order valence-electron chi connectivity index (χ4n) is 2.63. The lowest BCUT2D eigenvalue weighted by molar-refractivity contribution is 0.242. The molecule has 6 heteroatoms. The number of hydrogen-bond acceptors (Lipinski definition) is 3. The number of hydrogen-bond donors (Lipinski definition) is 0. The fraction of sp³-hybridized carbons (Fsp3) is 0.400. The molecular weight excluding hydrogens is 307 g/mol. The third kappa shape index (κ3) is 3.18. The number of imidazole rings is 1. The average molecular weight is 325 g/mol. The van der Waals surface area contributed by atoms with Gasteiger partial charge in [0.2, 0.25) is 0 Å². The predicted octanol–water partition coefficient (Wildman–Crippen LogP) is 3.05. The van der Waals surface area contributed by atoms with E-state index in [1.165, 1.54) is 0 Å². The molecule has 1 fully saturated rings. The van der Waals surface area contributed by atoms with E-state index in [1.807, 2.05) is 29.8 Å². The van der Waals surface area contributed by atoms with Gasteiger partial charge in [-0.05, 0) is 12.1 Å². The van der Waals surface area contributed by atoms with Crippen LogP contribution in [0.25, 0.3) is 0 Å². The Balaban J connectivity index is 1.61. The van der Waals surface area contributed by atoms with Crippen LogP contribution in [0, 0.1) is 0 Å². The van der Waals surface area contributed by atoms with E-state index >= 15 is 0 Å². The van der Waals surface area contributed by atoms with E-state index in [0.29, 0.717) is 5.15 Å². The number of nitrogens with zero attached hydrogens (tertiary/aromatic N) is 4. The van der Waals surface area contributed by atoms with Gasteiger partial charge in [0.15, 0.2) is 0 Å². The molecule has 0 amide bonds. The van der Waals surface area contributed by atoms with Crippen molar-refractivity contribution in [2.45, 2.75) is 6.54 Å². The second-order valence-corrected chi connectivity index (χ2v) is 6.07. The minimum Gasteiger partial charge on any atom is -0.368 e. The summed E-state index contributed by atoms with van der Waals surface area (Å²) in [6, 6.07) is 8.02. The predicted molar refractivity (Wildman–Crippen MR) is 87.2 cm³/mol. The summed E-state index contributed by atoms with van der Waals surface area (Å²) in [5, 5.41) is 1.50. The first-order chi connectivity index (χ1) is 10.1. The second kappa shape index (κ2) is 6.26. The van der Waals surface area contributed by atoms with Crippen molar-refractivity contribution < 1.29 is 0 Å². The van der Waals surface area contributed by atoms with Gasteiger partial charge in [-0.3, -0.25) is 4.90 Å². The van der Waals surface area contributed by atoms with E-state index in [-0.39, 0.29) is 0 Å². The van der Waals surface area contributed by atoms with Crippen molar-refractivity contribution in [1.29, 1.82) is 0 Å². The zero-order chi connectivity index (χ0) is 14.8. The molecule has 0 unspecified atom stereocenters. The molecule has 1 aromatic carbocycles. The lowest BCUT2D eigenvalue weighted by Gasteiger charge is -2.36. The maximum Gasteiger partial charge on any atom is 0.128 e. The van der Waals surface area contributed by atoms with Crippen molar-refractivity contribution >= 4 is 28.9 Å². The highest BCUT2D eigenvalue weighted by Crippen LogP contribution is 2.26. The first kappa shape index (κ1) is 14.7. The Morgan fingerprint density at radius 3 is 2.43 bits per heavy atom. The molecule has 3 rings (SSSR count). The molecule has 1 saturated heterocycles. The lowest BCUT2D eigenvalue weighted by Crippen LogP contribution is -2.46. The van der Waals surface area contributed by atoms with Crippen molar-refractivity contribution in [1.82, 2.24) is 14.5 Å². The number of rotatable bonds is 3. The molecule has 112 valence electrons. The highest BCUT2D eigenvalue weighted by atomic mass is 35.5. The van der Waals surface area contributed by atoms with Gasteiger partial charge in [0.25, 0.3) is 0 Å². The summed E-state index contributed by atoms with van der Waals surface area (Å²) >= 11 is 12.3. The second-order valence-electron chi connectivity index (χ2n) is 5.27. The van der Waals surface area contributed by atoms with E-state index in [4.69, 9.17) is 23.2 Å². The molecule has 0 spiro atoms. The SMILES string of the molecule is Cn1c(Cl)cnc1CN1CCN(c2ccccc2Cl)CC1. The molecule has 1 aliphatic rings. The molecular formula is C15H18Cl2N4. The lowest BCUT2D eigenvalue weighted by atomic mass is 10.2. The Morgan fingerprint density at radius 2 is 1.81 bits per heavy atom. The van der Waals surface area contributed by atoms with Gasteiger partial charge in [-0.15, -0.1) is 0 Å². The van der Waals surface area contributed by atoms with Crippen LogP contribution < -0.4 is 4.90 Å². The van der Waals surface area contributed by atoms with Crippen LogP contribution in [0.1, 0.15) is 5.82 Å². The summed E-state index contributed by atoms with van der Waals surface area (Å²) in [5.74, 6) is 1.01. The van der Waals surface area contributed by atoms with Crippen LogP contribution in [-0.4, -0.2) is 40.6 Å². The number of piperazine rings is 1. The van der Waals surface area contributed by atoms with E-state index < -0.39 is 0 Å². The third-order valence-electron chi connectivity index (χ3n) is 3.96. The summed E-state index contributed by atoms with van der Waals surface area (Å²) in [6.45, 7) is 4.77. The zero-order valence-electron chi connectivity index (χ0n) is 12.0. The van der Waals surface area contributed by atoms with E-state index in [2.05, 4.69) is 20.9 Å². The summed E-state index contributed by atoms with van der Waals surface area (Å²) in [6.07, 6.45) is 1.71. The average Bonchev–Trinajstić information content (AvgIpc) is 2.81. The third-order valence-corrected chi connectivity index (χ3v) is 4.63. The Hall–Kier alpha value is -1.23. The van der Waals surface area contributed by atoms with Crippen molar-refractivity contribution in [2.75, 3.05) is 31.1 Å². The first-order valence-electron chi connectivity index (χ1n) is 7.03. The smallest absolute Gasteiger partial charge is 0.128 e. The van der Waals surface area contributed by atoms with E-state index in [0.717, 1.165) is 49.3 Å². The maximum absolute atomic E-state index is 6.26. The largest absolute Gasteiger partial charge is 0.368 e. The number of anilines is 1. The van der Waals surface area contributed by atoms with Crippen molar-refractivity contribution in [2.24, 2.45) is 7.05 Å². The van der Waals surface area contributed by atoms with Crippen LogP contribution in [0.15, 0.2) is 30.5 Å². The molecule has 1 aliphatic heterocycles. The Morgan fingerprint density at radius 1 is 1.10 bits per heavy atom. The van der Waals surface area contributed by atoms with Gasteiger partial charge in [0.1, 0.15) is 11.0 Å². The summed E-state index contributed by atoms with van der Waals surface area (Å²) in [7, 11) is 1.95. The van der Waals surface area contributed by atoms with Crippen LogP contribution in [-0.2, 0) is 13.6 Å². The molecule has 4 nitrogen and oxygen atoms in total. The van der Waals surface area contributed by atoms with Gasteiger partial charge in [0, 0.05) is 33.2 Å². The van der Waals surface area contributed by atoms with Crippen LogP contribution in [0.4, 0.5) is 5.69 Å². The van der Waals surface area contributed by atoms with E-state index in [1.54, 1.807) is 6.20 Å². The standard InChI is InChI=1S/C15H18Cl2N4/c1-19-14(17)10-18-15(19)11-20-6-8-21(9-7-20)13-5-3-2-4-12(13)16/h2-5,10H,6-9,11H2,1H3. The number of para-hydroxylation sites is 1. The summed E-state index contributed by atoms with van der Waals surface area (Å²) in [4.78, 5) is 9.09. The highest BCUT2D eigenvalue weighted by molar-refractivity contribution is 6.33. The Bertz CT molecular complexity index is 618. The quantitative estimate of drug-likeness (QED) is 0.867. The van der Waals surface area contributed by atoms with Crippen molar-refractivity contribution in [3.05, 3.63) is 46.5 Å². The van der Waals surface area contributed by atoms with Crippen LogP contribution in [0.5, 0.6) is 0 Å². The zero-order valence-corrected chi connectivity index (χ0v) is 13.5. The fourth-order valence-corrected chi connectivity index (χ4v) is 3.03.